The molecule has 3 rings (SSSR count). The summed E-state index contributed by atoms with van der Waals surface area (Å²) in [6.07, 6.45) is 9.82. The van der Waals surface area contributed by atoms with Crippen molar-refractivity contribution in [3.8, 4) is 5.88 Å². The molecule has 0 aliphatic heterocycles. The number of anilines is 1. The van der Waals surface area contributed by atoms with Gasteiger partial charge in [0.05, 0.1) is 12.4 Å². The topological polar surface area (TPSA) is 47.0 Å². The van der Waals surface area contributed by atoms with Crippen LogP contribution in [-0.4, -0.2) is 16.0 Å². The molecule has 1 aliphatic carbocycles. The van der Waals surface area contributed by atoms with Gasteiger partial charge in [0.25, 0.3) is 0 Å². The largest absolute Gasteiger partial charge is 0.472 e. The summed E-state index contributed by atoms with van der Waals surface area (Å²) in [6, 6.07) is 10.6. The van der Waals surface area contributed by atoms with Crippen LogP contribution in [0.5, 0.6) is 5.88 Å². The lowest BCUT2D eigenvalue weighted by molar-refractivity contribution is 0.293. The number of hydrogen-bond donors (Lipinski definition) is 1. The van der Waals surface area contributed by atoms with Gasteiger partial charge in [0.1, 0.15) is 12.4 Å². The molecule has 1 fully saturated rings. The third-order valence-corrected chi connectivity index (χ3v) is 3.80. The number of ether oxygens (including phenoxy) is 1. The highest BCUT2D eigenvalue weighted by Gasteiger charge is 2.13. The Kier molecular flexibility index (Phi) is 4.66. The van der Waals surface area contributed by atoms with Crippen molar-refractivity contribution >= 4 is 5.82 Å². The third-order valence-electron chi connectivity index (χ3n) is 3.80. The highest BCUT2D eigenvalue weighted by atomic mass is 16.5. The van der Waals surface area contributed by atoms with Gasteiger partial charge in [0.15, 0.2) is 0 Å². The predicted octanol–water partition coefficient (Wildman–Crippen LogP) is 3.80. The average molecular weight is 283 g/mol. The standard InChI is InChI=1S/C17H21N3O/c1-3-7-14(8-4-1)13-21-17-12-18-11-16(20-17)19-15-9-5-2-6-10-15/h1,3-4,7-8,11-12,15H,2,5-6,9-10,13H2,(H,19,20). The van der Waals surface area contributed by atoms with Crippen molar-refractivity contribution in [1.29, 1.82) is 0 Å². The number of nitrogens with one attached hydrogen (secondary N) is 1. The van der Waals surface area contributed by atoms with Crippen molar-refractivity contribution in [3.63, 3.8) is 0 Å². The van der Waals surface area contributed by atoms with Crippen LogP contribution in [0.2, 0.25) is 0 Å². The summed E-state index contributed by atoms with van der Waals surface area (Å²) in [5.74, 6) is 1.38. The first-order valence-electron chi connectivity index (χ1n) is 7.65. The fraction of sp³-hybridized carbons (Fsp3) is 0.412. The Balaban J connectivity index is 1.57. The predicted molar refractivity (Wildman–Crippen MR) is 83.3 cm³/mol. The Hall–Kier alpha value is -2.10. The molecule has 0 atom stereocenters. The molecule has 1 aromatic heterocycles. The summed E-state index contributed by atoms with van der Waals surface area (Å²) >= 11 is 0. The minimum absolute atomic E-state index is 0.516. The molecule has 1 heterocycles. The molecule has 1 N–H and O–H groups in total. The lowest BCUT2D eigenvalue weighted by Crippen LogP contribution is -2.22. The van der Waals surface area contributed by atoms with Gasteiger partial charge in [-0.2, -0.15) is 4.98 Å². The Morgan fingerprint density at radius 1 is 1.05 bits per heavy atom. The van der Waals surface area contributed by atoms with Gasteiger partial charge in [-0.05, 0) is 18.4 Å². The van der Waals surface area contributed by atoms with E-state index in [4.69, 9.17) is 4.74 Å². The van der Waals surface area contributed by atoms with Gasteiger partial charge in [-0.25, -0.2) is 0 Å². The molecule has 0 unspecified atom stereocenters. The third kappa shape index (κ3) is 4.18. The van der Waals surface area contributed by atoms with E-state index < -0.39 is 0 Å². The minimum atomic E-state index is 0.516. The van der Waals surface area contributed by atoms with Gasteiger partial charge in [-0.3, -0.25) is 4.98 Å². The maximum atomic E-state index is 5.71. The second-order valence-electron chi connectivity index (χ2n) is 5.50. The maximum absolute atomic E-state index is 5.71. The first kappa shape index (κ1) is 13.9. The average Bonchev–Trinajstić information content (AvgIpc) is 2.55. The Labute approximate surface area is 125 Å². The van der Waals surface area contributed by atoms with E-state index in [1.807, 2.05) is 30.3 Å². The smallest absolute Gasteiger partial charge is 0.234 e. The van der Waals surface area contributed by atoms with E-state index in [0.29, 0.717) is 18.5 Å². The molecule has 110 valence electrons. The van der Waals surface area contributed by atoms with Crippen LogP contribution in [-0.2, 0) is 6.61 Å². The Morgan fingerprint density at radius 3 is 2.67 bits per heavy atom. The Morgan fingerprint density at radius 2 is 1.86 bits per heavy atom. The van der Waals surface area contributed by atoms with Crippen LogP contribution in [0.4, 0.5) is 5.82 Å². The second-order valence-corrected chi connectivity index (χ2v) is 5.50. The molecular weight excluding hydrogens is 262 g/mol. The van der Waals surface area contributed by atoms with Crippen molar-refractivity contribution in [2.45, 2.75) is 44.8 Å². The van der Waals surface area contributed by atoms with Crippen LogP contribution < -0.4 is 10.1 Å². The molecule has 1 aromatic carbocycles. The van der Waals surface area contributed by atoms with Gasteiger partial charge < -0.3 is 10.1 Å². The minimum Gasteiger partial charge on any atom is -0.472 e. The summed E-state index contributed by atoms with van der Waals surface area (Å²) in [6.45, 7) is 0.516. The molecule has 0 amide bonds. The molecule has 1 aliphatic rings. The number of aromatic nitrogens is 2. The van der Waals surface area contributed by atoms with Gasteiger partial charge >= 0.3 is 0 Å². The van der Waals surface area contributed by atoms with Crippen LogP contribution in [0.1, 0.15) is 37.7 Å². The maximum Gasteiger partial charge on any atom is 0.234 e. The fourth-order valence-electron chi connectivity index (χ4n) is 2.67. The van der Waals surface area contributed by atoms with E-state index in [1.54, 1.807) is 12.4 Å². The number of hydrogen-bond acceptors (Lipinski definition) is 4. The zero-order valence-corrected chi connectivity index (χ0v) is 12.2. The molecule has 0 bridgehead atoms. The summed E-state index contributed by atoms with van der Waals surface area (Å²) in [5.41, 5.74) is 1.13. The van der Waals surface area contributed by atoms with Crippen molar-refractivity contribution in [2.75, 3.05) is 5.32 Å². The van der Waals surface area contributed by atoms with Crippen molar-refractivity contribution in [1.82, 2.24) is 9.97 Å². The van der Waals surface area contributed by atoms with E-state index in [0.717, 1.165) is 11.4 Å². The molecular formula is C17H21N3O. The summed E-state index contributed by atoms with van der Waals surface area (Å²) in [5, 5.41) is 3.47. The first-order chi connectivity index (χ1) is 10.4. The van der Waals surface area contributed by atoms with Crippen molar-refractivity contribution in [2.24, 2.45) is 0 Å². The zero-order valence-electron chi connectivity index (χ0n) is 12.2. The van der Waals surface area contributed by atoms with Crippen LogP contribution in [0.15, 0.2) is 42.7 Å². The van der Waals surface area contributed by atoms with E-state index in [1.165, 1.54) is 32.1 Å². The molecule has 0 spiro atoms. The number of benzene rings is 1. The fourth-order valence-corrected chi connectivity index (χ4v) is 2.67. The van der Waals surface area contributed by atoms with Gasteiger partial charge in [0, 0.05) is 6.04 Å². The van der Waals surface area contributed by atoms with Crippen LogP contribution in [0.3, 0.4) is 0 Å². The molecule has 0 saturated heterocycles. The van der Waals surface area contributed by atoms with E-state index in [2.05, 4.69) is 15.3 Å². The highest BCUT2D eigenvalue weighted by Crippen LogP contribution is 2.21. The van der Waals surface area contributed by atoms with Crippen molar-refractivity contribution < 1.29 is 4.74 Å². The lowest BCUT2D eigenvalue weighted by Gasteiger charge is -2.23. The lowest BCUT2D eigenvalue weighted by atomic mass is 9.96. The summed E-state index contributed by atoms with van der Waals surface area (Å²) in [4.78, 5) is 8.70. The molecule has 4 nitrogen and oxygen atoms in total. The molecule has 21 heavy (non-hydrogen) atoms. The first-order valence-corrected chi connectivity index (χ1v) is 7.65. The van der Waals surface area contributed by atoms with Crippen molar-refractivity contribution in [3.05, 3.63) is 48.3 Å². The normalized spacial score (nSPS) is 15.6. The van der Waals surface area contributed by atoms with E-state index in [-0.39, 0.29) is 0 Å². The van der Waals surface area contributed by atoms with E-state index >= 15 is 0 Å². The number of rotatable bonds is 5. The Bertz CT molecular complexity index is 553. The molecule has 4 heteroatoms. The summed E-state index contributed by atoms with van der Waals surface area (Å²) in [7, 11) is 0. The van der Waals surface area contributed by atoms with Crippen LogP contribution in [0, 0.1) is 0 Å². The second kappa shape index (κ2) is 7.07. The molecule has 0 radical (unpaired) electrons. The summed E-state index contributed by atoms with van der Waals surface area (Å²) < 4.78 is 5.71. The van der Waals surface area contributed by atoms with Crippen LogP contribution >= 0.6 is 0 Å². The quantitative estimate of drug-likeness (QED) is 0.906. The zero-order chi connectivity index (χ0) is 14.3. The van der Waals surface area contributed by atoms with E-state index in [9.17, 15) is 0 Å². The molecule has 2 aromatic rings. The molecule has 1 saturated carbocycles. The monoisotopic (exact) mass is 283 g/mol. The SMILES string of the molecule is c1ccc(COc2cncc(NC3CCCCC3)n2)cc1. The van der Waals surface area contributed by atoms with Crippen LogP contribution in [0.25, 0.3) is 0 Å². The van der Waals surface area contributed by atoms with Gasteiger partial charge in [-0.15, -0.1) is 0 Å². The van der Waals surface area contributed by atoms with Gasteiger partial charge in [0.2, 0.25) is 5.88 Å². The highest BCUT2D eigenvalue weighted by molar-refractivity contribution is 5.34. The van der Waals surface area contributed by atoms with Gasteiger partial charge in [-0.1, -0.05) is 49.6 Å². The number of nitrogens with zero attached hydrogens (tertiary/aromatic N) is 2.